The molecule has 0 spiro atoms. The summed E-state index contributed by atoms with van der Waals surface area (Å²) < 4.78 is 7.34. The van der Waals surface area contributed by atoms with Gasteiger partial charge in [0.1, 0.15) is 7.05 Å². The lowest BCUT2D eigenvalue weighted by atomic mass is 9.95. The molecule has 0 aliphatic heterocycles. The number of nitrogens with zero attached hydrogens (tertiary/aromatic N) is 2. The van der Waals surface area contributed by atoms with Crippen molar-refractivity contribution in [2.45, 2.75) is 6.92 Å². The van der Waals surface area contributed by atoms with Gasteiger partial charge in [0.15, 0.2) is 6.20 Å². The van der Waals surface area contributed by atoms with Crippen LogP contribution in [0.15, 0.2) is 115 Å². The van der Waals surface area contributed by atoms with Gasteiger partial charge in [-0.1, -0.05) is 66.7 Å². The maximum absolute atomic E-state index is 2.41. The average molecular weight is 506 g/mol. The number of aryl methyl sites for hydroxylation is 2. The Bertz CT molecular complexity index is 2160. The lowest BCUT2D eigenvalue weighted by molar-refractivity contribution is -0.659. The monoisotopic (exact) mass is 505 g/mol. The zero-order chi connectivity index (χ0) is 25.4. The summed E-state index contributed by atoms with van der Waals surface area (Å²) >= 11 is 1.88. The molecule has 0 N–H and O–H groups in total. The lowest BCUT2D eigenvalue weighted by Gasteiger charge is -2.10. The molecule has 0 unspecified atom stereocenters. The Morgan fingerprint density at radius 2 is 1.32 bits per heavy atom. The van der Waals surface area contributed by atoms with Crippen LogP contribution in [0, 0.1) is 6.92 Å². The molecule has 0 saturated heterocycles. The summed E-state index contributed by atoms with van der Waals surface area (Å²) in [4.78, 5) is 0. The molecule has 3 heterocycles. The van der Waals surface area contributed by atoms with Crippen molar-refractivity contribution >= 4 is 64.1 Å². The van der Waals surface area contributed by atoms with Crippen LogP contribution in [0.5, 0.6) is 0 Å². The lowest BCUT2D eigenvalue weighted by Crippen LogP contribution is -2.30. The van der Waals surface area contributed by atoms with Gasteiger partial charge in [-0.25, -0.2) is 4.57 Å². The summed E-state index contributed by atoms with van der Waals surface area (Å²) in [5.41, 5.74) is 7.56. The zero-order valence-electron chi connectivity index (χ0n) is 21.3. The summed E-state index contributed by atoms with van der Waals surface area (Å²) in [7, 11) is 2.17. The highest BCUT2D eigenvalue weighted by atomic mass is 32.1. The first-order chi connectivity index (χ1) is 18.7. The molecular formula is C35H25N2S+. The van der Waals surface area contributed by atoms with Crippen molar-refractivity contribution < 1.29 is 4.57 Å². The van der Waals surface area contributed by atoms with Gasteiger partial charge >= 0.3 is 0 Å². The van der Waals surface area contributed by atoms with Crippen LogP contribution in [0.2, 0.25) is 0 Å². The van der Waals surface area contributed by atoms with Gasteiger partial charge in [-0.05, 0) is 59.7 Å². The molecule has 0 aliphatic rings. The Labute approximate surface area is 224 Å². The molecule has 0 saturated carbocycles. The van der Waals surface area contributed by atoms with Crippen LogP contribution in [0.4, 0.5) is 0 Å². The summed E-state index contributed by atoms with van der Waals surface area (Å²) in [6.45, 7) is 2.26. The van der Waals surface area contributed by atoms with Crippen molar-refractivity contribution in [3.05, 3.63) is 121 Å². The third kappa shape index (κ3) is 2.97. The Hall–Kier alpha value is -4.47. The maximum atomic E-state index is 2.41. The van der Waals surface area contributed by atoms with Crippen molar-refractivity contribution in [1.29, 1.82) is 0 Å². The second kappa shape index (κ2) is 8.01. The molecule has 0 fully saturated rings. The second-order valence-electron chi connectivity index (χ2n) is 10.1. The van der Waals surface area contributed by atoms with Crippen LogP contribution in [-0.4, -0.2) is 4.57 Å². The number of rotatable bonds is 2. The second-order valence-corrected chi connectivity index (χ2v) is 11.2. The van der Waals surface area contributed by atoms with Gasteiger partial charge in [-0.15, -0.1) is 11.3 Å². The fourth-order valence-electron chi connectivity index (χ4n) is 6.24. The van der Waals surface area contributed by atoms with Crippen LogP contribution in [0.1, 0.15) is 5.56 Å². The number of para-hydroxylation sites is 2. The minimum Gasteiger partial charge on any atom is -0.309 e. The predicted molar refractivity (Wildman–Crippen MR) is 163 cm³/mol. The van der Waals surface area contributed by atoms with E-state index in [0.29, 0.717) is 0 Å². The molecule has 5 aromatic carbocycles. The first kappa shape index (κ1) is 21.6. The molecule has 180 valence electrons. The summed E-state index contributed by atoms with van der Waals surface area (Å²) in [5, 5.41) is 7.81. The van der Waals surface area contributed by atoms with Crippen molar-refractivity contribution in [1.82, 2.24) is 4.57 Å². The smallest absolute Gasteiger partial charge is 0.221 e. The van der Waals surface area contributed by atoms with Crippen LogP contribution in [0.3, 0.4) is 0 Å². The summed E-state index contributed by atoms with van der Waals surface area (Å²) in [5.74, 6) is 0. The molecule has 8 aromatic rings. The van der Waals surface area contributed by atoms with E-state index >= 15 is 0 Å². The van der Waals surface area contributed by atoms with Crippen molar-refractivity contribution in [3.8, 4) is 16.9 Å². The number of aromatic nitrogens is 2. The zero-order valence-corrected chi connectivity index (χ0v) is 22.1. The van der Waals surface area contributed by atoms with E-state index in [0.717, 1.165) is 0 Å². The van der Waals surface area contributed by atoms with Gasteiger partial charge < -0.3 is 4.57 Å². The van der Waals surface area contributed by atoms with Gasteiger partial charge in [0.05, 0.1) is 22.0 Å². The molecule has 2 nitrogen and oxygen atoms in total. The fourth-order valence-corrected chi connectivity index (χ4v) is 7.33. The number of fused-ring (bicyclic) bond motifs is 7. The van der Waals surface area contributed by atoms with E-state index in [1.165, 1.54) is 75.3 Å². The molecule has 3 heteroatoms. The number of thiophene rings is 1. The van der Waals surface area contributed by atoms with E-state index in [4.69, 9.17) is 0 Å². The topological polar surface area (TPSA) is 8.81 Å². The Morgan fingerprint density at radius 1 is 0.632 bits per heavy atom. The predicted octanol–water partition coefficient (Wildman–Crippen LogP) is 9.10. The molecule has 0 amide bonds. The first-order valence-electron chi connectivity index (χ1n) is 13.0. The van der Waals surface area contributed by atoms with E-state index in [2.05, 4.69) is 138 Å². The van der Waals surface area contributed by atoms with Crippen LogP contribution in [0.25, 0.3) is 69.7 Å². The summed E-state index contributed by atoms with van der Waals surface area (Å²) in [6, 6.07) is 39.9. The number of hydrogen-bond acceptors (Lipinski definition) is 1. The van der Waals surface area contributed by atoms with E-state index in [9.17, 15) is 0 Å². The largest absolute Gasteiger partial charge is 0.309 e. The third-order valence-corrected chi connectivity index (χ3v) is 9.17. The van der Waals surface area contributed by atoms with E-state index < -0.39 is 0 Å². The Balaban J connectivity index is 1.46. The quantitative estimate of drug-likeness (QED) is 0.207. The first-order valence-corrected chi connectivity index (χ1v) is 13.8. The molecule has 0 atom stereocenters. The molecular weight excluding hydrogens is 480 g/mol. The van der Waals surface area contributed by atoms with Crippen LogP contribution >= 0.6 is 11.3 Å². The maximum Gasteiger partial charge on any atom is 0.221 e. The molecule has 0 radical (unpaired) electrons. The molecule has 0 bridgehead atoms. The number of pyridine rings is 1. The highest BCUT2D eigenvalue weighted by molar-refractivity contribution is 7.25. The highest BCUT2D eigenvalue weighted by Crippen LogP contribution is 2.41. The van der Waals surface area contributed by atoms with E-state index in [1.807, 2.05) is 11.3 Å². The summed E-state index contributed by atoms with van der Waals surface area (Å²) in [6.07, 6.45) is 2.20. The van der Waals surface area contributed by atoms with Crippen molar-refractivity contribution in [3.63, 3.8) is 0 Å². The minimum absolute atomic E-state index is 1.20. The molecule has 8 rings (SSSR count). The van der Waals surface area contributed by atoms with Crippen LogP contribution < -0.4 is 4.57 Å². The molecule has 3 aromatic heterocycles. The third-order valence-electron chi connectivity index (χ3n) is 8.03. The average Bonchev–Trinajstić information content (AvgIpc) is 3.49. The van der Waals surface area contributed by atoms with Gasteiger partial charge in [-0.2, -0.15) is 0 Å². The van der Waals surface area contributed by atoms with Gasteiger partial charge in [-0.3, -0.25) is 0 Å². The van der Waals surface area contributed by atoms with Crippen LogP contribution in [-0.2, 0) is 7.05 Å². The van der Waals surface area contributed by atoms with Crippen molar-refractivity contribution in [2.75, 3.05) is 0 Å². The Morgan fingerprint density at radius 3 is 2.08 bits per heavy atom. The van der Waals surface area contributed by atoms with Gasteiger partial charge in [0.2, 0.25) is 5.69 Å². The normalized spacial score (nSPS) is 11.9. The standard InChI is InChI=1S/C35H25N2S/c1-22-25-10-4-3-9-23(25)15-17-26(22)35-34-29-21-24(16-18-32(29)38-33(34)19-20-36(35)2)37-30-13-7-5-11-27(30)28-12-6-8-14-31(28)37/h3-21H,1-2H3/q+1. The minimum atomic E-state index is 1.20. The highest BCUT2D eigenvalue weighted by Gasteiger charge is 2.22. The van der Waals surface area contributed by atoms with Gasteiger partial charge in [0.25, 0.3) is 0 Å². The molecule has 38 heavy (non-hydrogen) atoms. The Kier molecular flexibility index (Phi) is 4.55. The molecule has 0 aliphatic carbocycles. The fraction of sp³-hybridized carbons (Fsp3) is 0.0571. The number of hydrogen-bond donors (Lipinski definition) is 0. The van der Waals surface area contributed by atoms with Crippen molar-refractivity contribution in [2.24, 2.45) is 7.05 Å². The van der Waals surface area contributed by atoms with E-state index in [-0.39, 0.29) is 0 Å². The van der Waals surface area contributed by atoms with Gasteiger partial charge in [0, 0.05) is 37.3 Å². The number of benzene rings is 5. The SMILES string of the molecule is Cc1c(-c2c3c(cc[n+]2C)sc2ccc(-n4c5ccccc5c5ccccc54)cc23)ccc2ccccc12. The van der Waals surface area contributed by atoms with E-state index in [1.54, 1.807) is 0 Å².